The summed E-state index contributed by atoms with van der Waals surface area (Å²) in [6.45, 7) is 3.70. The molecule has 0 radical (unpaired) electrons. The molecule has 1 aliphatic rings. The van der Waals surface area contributed by atoms with E-state index in [1.807, 2.05) is 0 Å². The van der Waals surface area contributed by atoms with E-state index in [9.17, 15) is 8.78 Å². The summed E-state index contributed by atoms with van der Waals surface area (Å²) in [6, 6.07) is 4.07. The minimum absolute atomic E-state index is 0.364. The van der Waals surface area contributed by atoms with Crippen molar-refractivity contribution in [3.05, 3.63) is 29.8 Å². The zero-order valence-electron chi connectivity index (χ0n) is 10.5. The second kappa shape index (κ2) is 6.11. The molecule has 0 aliphatic carbocycles. The molecule has 1 aromatic rings. The van der Waals surface area contributed by atoms with Crippen LogP contribution in [0.25, 0.3) is 0 Å². The Morgan fingerprint density at radius 3 is 3.00 bits per heavy atom. The Balaban J connectivity index is 1.81. The van der Waals surface area contributed by atoms with Crippen LogP contribution in [0.15, 0.2) is 18.2 Å². The average molecular weight is 255 g/mol. The first-order valence-corrected chi connectivity index (χ1v) is 6.26. The number of anilines is 1. The summed E-state index contributed by atoms with van der Waals surface area (Å²) in [5, 5.41) is 6.35. The molecule has 1 fully saturated rings. The van der Waals surface area contributed by atoms with Gasteiger partial charge in [-0.1, -0.05) is 0 Å². The molecule has 2 rings (SSSR count). The van der Waals surface area contributed by atoms with E-state index in [0.717, 1.165) is 32.1 Å². The van der Waals surface area contributed by atoms with Crippen LogP contribution in [0.1, 0.15) is 6.42 Å². The predicted molar refractivity (Wildman–Crippen MR) is 68.8 cm³/mol. The van der Waals surface area contributed by atoms with Gasteiger partial charge in [0.25, 0.3) is 0 Å². The molecule has 100 valence electrons. The molecule has 5 heteroatoms. The third-order valence-corrected chi connectivity index (χ3v) is 3.37. The van der Waals surface area contributed by atoms with Gasteiger partial charge in [0.05, 0.1) is 5.69 Å². The van der Waals surface area contributed by atoms with Gasteiger partial charge >= 0.3 is 0 Å². The lowest BCUT2D eigenvalue weighted by molar-refractivity contribution is 0.194. The normalized spacial score (nSPS) is 20.9. The summed E-state index contributed by atoms with van der Waals surface area (Å²) < 4.78 is 26.1. The number of rotatable bonds is 4. The SMILES string of the molecule is CN1CCNCC1CCNc1ccc(F)cc1F. The van der Waals surface area contributed by atoms with Crippen molar-refractivity contribution in [2.45, 2.75) is 12.5 Å². The Hall–Kier alpha value is -1.20. The van der Waals surface area contributed by atoms with Gasteiger partial charge in [-0.15, -0.1) is 0 Å². The molecule has 0 spiro atoms. The lowest BCUT2D eigenvalue weighted by Gasteiger charge is -2.33. The Kier molecular flexibility index (Phi) is 4.49. The fourth-order valence-corrected chi connectivity index (χ4v) is 2.19. The molecule has 1 heterocycles. The second-order valence-electron chi connectivity index (χ2n) is 4.68. The fraction of sp³-hybridized carbons (Fsp3) is 0.538. The summed E-state index contributed by atoms with van der Waals surface area (Å²) in [5.74, 6) is -1.08. The maximum absolute atomic E-state index is 13.4. The highest BCUT2D eigenvalue weighted by atomic mass is 19.1. The van der Waals surface area contributed by atoms with Crippen molar-refractivity contribution in [2.24, 2.45) is 0 Å². The van der Waals surface area contributed by atoms with Crippen LogP contribution in [0.5, 0.6) is 0 Å². The zero-order chi connectivity index (χ0) is 13.0. The number of hydrogen-bond donors (Lipinski definition) is 2. The Morgan fingerprint density at radius 2 is 2.28 bits per heavy atom. The van der Waals surface area contributed by atoms with Gasteiger partial charge in [-0.2, -0.15) is 0 Å². The Bertz CT molecular complexity index is 398. The van der Waals surface area contributed by atoms with E-state index in [1.54, 1.807) is 0 Å². The number of likely N-dealkylation sites (N-methyl/N-ethyl adjacent to an activating group) is 1. The minimum atomic E-state index is -0.547. The van der Waals surface area contributed by atoms with Crippen molar-refractivity contribution in [3.63, 3.8) is 0 Å². The number of halogens is 2. The van der Waals surface area contributed by atoms with Crippen LogP contribution in [0.4, 0.5) is 14.5 Å². The molecule has 1 aliphatic heterocycles. The van der Waals surface area contributed by atoms with Gasteiger partial charge in [0.15, 0.2) is 0 Å². The van der Waals surface area contributed by atoms with Crippen molar-refractivity contribution in [1.82, 2.24) is 10.2 Å². The van der Waals surface area contributed by atoms with Crippen molar-refractivity contribution >= 4 is 5.69 Å². The van der Waals surface area contributed by atoms with Gasteiger partial charge in [0.2, 0.25) is 0 Å². The lowest BCUT2D eigenvalue weighted by Crippen LogP contribution is -2.49. The molecule has 2 N–H and O–H groups in total. The third-order valence-electron chi connectivity index (χ3n) is 3.37. The molecule has 1 unspecified atom stereocenters. The summed E-state index contributed by atoms with van der Waals surface area (Å²) in [6.07, 6.45) is 0.931. The molecule has 3 nitrogen and oxygen atoms in total. The first-order valence-electron chi connectivity index (χ1n) is 6.26. The Morgan fingerprint density at radius 1 is 1.44 bits per heavy atom. The van der Waals surface area contributed by atoms with E-state index in [2.05, 4.69) is 22.6 Å². The van der Waals surface area contributed by atoms with Crippen LogP contribution in [0.3, 0.4) is 0 Å². The largest absolute Gasteiger partial charge is 0.383 e. The second-order valence-corrected chi connectivity index (χ2v) is 4.68. The third kappa shape index (κ3) is 3.40. The topological polar surface area (TPSA) is 27.3 Å². The van der Waals surface area contributed by atoms with Gasteiger partial charge in [-0.25, -0.2) is 8.78 Å². The summed E-state index contributed by atoms with van der Waals surface area (Å²) >= 11 is 0. The van der Waals surface area contributed by atoms with E-state index >= 15 is 0 Å². The minimum Gasteiger partial charge on any atom is -0.383 e. The molecule has 1 atom stereocenters. The van der Waals surface area contributed by atoms with Crippen LogP contribution < -0.4 is 10.6 Å². The quantitative estimate of drug-likeness (QED) is 0.857. The molecular formula is C13H19F2N3. The number of nitrogens with zero attached hydrogens (tertiary/aromatic N) is 1. The highest BCUT2D eigenvalue weighted by Gasteiger charge is 2.17. The first kappa shape index (κ1) is 13.2. The van der Waals surface area contributed by atoms with Crippen LogP contribution in [-0.4, -0.2) is 44.2 Å². The van der Waals surface area contributed by atoms with Crippen molar-refractivity contribution in [1.29, 1.82) is 0 Å². The van der Waals surface area contributed by atoms with E-state index in [1.165, 1.54) is 12.1 Å². The van der Waals surface area contributed by atoms with E-state index in [0.29, 0.717) is 18.3 Å². The van der Waals surface area contributed by atoms with Gasteiger partial charge < -0.3 is 15.5 Å². The van der Waals surface area contributed by atoms with Crippen LogP contribution in [0, 0.1) is 11.6 Å². The first-order chi connectivity index (χ1) is 8.66. The lowest BCUT2D eigenvalue weighted by atomic mass is 10.1. The molecule has 0 saturated carbocycles. The molecule has 18 heavy (non-hydrogen) atoms. The maximum atomic E-state index is 13.4. The molecule has 0 amide bonds. The molecule has 0 bridgehead atoms. The van der Waals surface area contributed by atoms with Crippen LogP contribution in [0.2, 0.25) is 0 Å². The monoisotopic (exact) mass is 255 g/mol. The predicted octanol–water partition coefficient (Wildman–Crippen LogP) is 1.67. The van der Waals surface area contributed by atoms with Gasteiger partial charge in [-0.05, 0) is 25.6 Å². The van der Waals surface area contributed by atoms with Crippen molar-refractivity contribution in [2.75, 3.05) is 38.5 Å². The highest BCUT2D eigenvalue weighted by Crippen LogP contribution is 2.15. The average Bonchev–Trinajstić information content (AvgIpc) is 2.34. The van der Waals surface area contributed by atoms with Gasteiger partial charge in [0, 0.05) is 38.3 Å². The van der Waals surface area contributed by atoms with Crippen molar-refractivity contribution in [3.8, 4) is 0 Å². The number of nitrogens with one attached hydrogen (secondary N) is 2. The molecule has 1 saturated heterocycles. The molecule has 1 aromatic carbocycles. The van der Waals surface area contributed by atoms with E-state index in [-0.39, 0.29) is 0 Å². The van der Waals surface area contributed by atoms with E-state index < -0.39 is 11.6 Å². The number of piperazine rings is 1. The molecular weight excluding hydrogens is 236 g/mol. The summed E-state index contributed by atoms with van der Waals surface area (Å²) in [4.78, 5) is 2.30. The standard InChI is InChI=1S/C13H19F2N3/c1-18-7-6-16-9-11(18)4-5-17-13-3-2-10(14)8-12(13)15/h2-3,8,11,16-17H,4-7,9H2,1H3. The van der Waals surface area contributed by atoms with Gasteiger partial charge in [-0.3, -0.25) is 0 Å². The smallest absolute Gasteiger partial charge is 0.149 e. The zero-order valence-corrected chi connectivity index (χ0v) is 10.5. The van der Waals surface area contributed by atoms with Gasteiger partial charge in [0.1, 0.15) is 11.6 Å². The fourth-order valence-electron chi connectivity index (χ4n) is 2.19. The summed E-state index contributed by atoms with van der Waals surface area (Å²) in [5.41, 5.74) is 0.364. The molecule has 0 aromatic heterocycles. The summed E-state index contributed by atoms with van der Waals surface area (Å²) in [7, 11) is 2.10. The Labute approximate surface area is 106 Å². The van der Waals surface area contributed by atoms with Crippen LogP contribution >= 0.6 is 0 Å². The van der Waals surface area contributed by atoms with Crippen molar-refractivity contribution < 1.29 is 8.78 Å². The highest BCUT2D eigenvalue weighted by molar-refractivity contribution is 5.44. The van der Waals surface area contributed by atoms with Crippen LogP contribution in [-0.2, 0) is 0 Å². The van der Waals surface area contributed by atoms with E-state index in [4.69, 9.17) is 0 Å². The number of benzene rings is 1. The maximum Gasteiger partial charge on any atom is 0.149 e. The number of hydrogen-bond acceptors (Lipinski definition) is 3.